The molecule has 1 atom stereocenters. The van der Waals surface area contributed by atoms with Crippen molar-refractivity contribution < 1.29 is 0 Å². The molecular formula is C12H14BrClN2S. The average molecular weight is 334 g/mol. The first-order valence-corrected chi connectivity index (χ1v) is 7.62. The van der Waals surface area contributed by atoms with E-state index in [9.17, 15) is 0 Å². The van der Waals surface area contributed by atoms with Crippen LogP contribution in [-0.2, 0) is 0 Å². The molecule has 92 valence electrons. The summed E-state index contributed by atoms with van der Waals surface area (Å²) in [7, 11) is 0. The standard InChI is InChI=1S/C12H14BrClN2S/c1-7-5-15-12(17-6-7)16-11-4-10(14)8(2)3-9(11)13/h3-4,7H,5-6H2,1-2H3,(H,15,16). The Balaban J connectivity index is 2.16. The van der Waals surface area contributed by atoms with E-state index in [1.807, 2.05) is 19.1 Å². The van der Waals surface area contributed by atoms with Gasteiger partial charge in [-0.25, -0.2) is 0 Å². The van der Waals surface area contributed by atoms with Gasteiger partial charge >= 0.3 is 0 Å². The van der Waals surface area contributed by atoms with Gasteiger partial charge in [0.1, 0.15) is 0 Å². The number of aryl methyl sites for hydroxylation is 1. The summed E-state index contributed by atoms with van der Waals surface area (Å²) in [5.74, 6) is 1.78. The fraction of sp³-hybridized carbons (Fsp3) is 0.417. The zero-order valence-corrected chi connectivity index (χ0v) is 12.9. The number of hydrogen-bond acceptors (Lipinski definition) is 3. The quantitative estimate of drug-likeness (QED) is 0.814. The van der Waals surface area contributed by atoms with Crippen LogP contribution < -0.4 is 5.32 Å². The number of anilines is 1. The Morgan fingerprint density at radius 3 is 2.94 bits per heavy atom. The van der Waals surface area contributed by atoms with E-state index in [2.05, 4.69) is 33.2 Å². The van der Waals surface area contributed by atoms with E-state index in [1.54, 1.807) is 11.8 Å². The van der Waals surface area contributed by atoms with E-state index in [0.29, 0.717) is 5.92 Å². The second-order valence-electron chi connectivity index (χ2n) is 4.27. The lowest BCUT2D eigenvalue weighted by Crippen LogP contribution is -2.18. The van der Waals surface area contributed by atoms with E-state index >= 15 is 0 Å². The van der Waals surface area contributed by atoms with E-state index in [0.717, 1.165) is 38.2 Å². The van der Waals surface area contributed by atoms with Gasteiger partial charge in [0.2, 0.25) is 0 Å². The number of amidine groups is 1. The van der Waals surface area contributed by atoms with E-state index in [-0.39, 0.29) is 0 Å². The minimum atomic E-state index is 0.663. The Kier molecular flexibility index (Phi) is 4.39. The van der Waals surface area contributed by atoms with Crippen LogP contribution in [0.25, 0.3) is 0 Å². The molecule has 1 N–H and O–H groups in total. The molecule has 2 rings (SSSR count). The Morgan fingerprint density at radius 2 is 2.29 bits per heavy atom. The fourth-order valence-corrected chi connectivity index (χ4v) is 3.11. The van der Waals surface area contributed by atoms with Gasteiger partial charge in [0.15, 0.2) is 5.17 Å². The van der Waals surface area contributed by atoms with Gasteiger partial charge in [-0.2, -0.15) is 0 Å². The molecule has 0 fully saturated rings. The summed E-state index contributed by atoms with van der Waals surface area (Å²) in [5.41, 5.74) is 2.04. The summed E-state index contributed by atoms with van der Waals surface area (Å²) in [6.07, 6.45) is 0. The maximum Gasteiger partial charge on any atom is 0.161 e. The van der Waals surface area contributed by atoms with Crippen LogP contribution >= 0.6 is 39.3 Å². The molecule has 1 heterocycles. The van der Waals surface area contributed by atoms with Crippen molar-refractivity contribution in [2.24, 2.45) is 10.9 Å². The summed E-state index contributed by atoms with van der Waals surface area (Å²) in [6.45, 7) is 5.10. The first kappa shape index (κ1) is 13.2. The van der Waals surface area contributed by atoms with Gasteiger partial charge in [-0.15, -0.1) is 0 Å². The molecule has 0 spiro atoms. The molecule has 0 aromatic heterocycles. The van der Waals surface area contributed by atoms with Crippen molar-refractivity contribution >= 4 is 50.1 Å². The van der Waals surface area contributed by atoms with Crippen molar-refractivity contribution in [3.8, 4) is 0 Å². The lowest BCUT2D eigenvalue weighted by Gasteiger charge is -2.18. The SMILES string of the molecule is Cc1cc(Br)c(NC2=NCC(C)CS2)cc1Cl. The molecule has 0 aliphatic carbocycles. The van der Waals surface area contributed by atoms with Gasteiger partial charge in [0.05, 0.1) is 5.69 Å². The number of thioether (sulfide) groups is 1. The summed E-state index contributed by atoms with van der Waals surface area (Å²) >= 11 is 11.4. The normalized spacial score (nSPS) is 20.0. The van der Waals surface area contributed by atoms with E-state index < -0.39 is 0 Å². The molecule has 1 aliphatic heterocycles. The number of benzene rings is 1. The minimum absolute atomic E-state index is 0.663. The molecule has 2 nitrogen and oxygen atoms in total. The largest absolute Gasteiger partial charge is 0.334 e. The van der Waals surface area contributed by atoms with Crippen LogP contribution in [0.2, 0.25) is 5.02 Å². The summed E-state index contributed by atoms with van der Waals surface area (Å²) in [4.78, 5) is 4.50. The van der Waals surface area contributed by atoms with Gasteiger partial charge in [-0.05, 0) is 46.5 Å². The van der Waals surface area contributed by atoms with Gasteiger partial charge in [-0.1, -0.05) is 30.3 Å². The minimum Gasteiger partial charge on any atom is -0.334 e. The van der Waals surface area contributed by atoms with Gasteiger partial charge in [0.25, 0.3) is 0 Å². The Hall–Kier alpha value is -0.190. The van der Waals surface area contributed by atoms with Crippen molar-refractivity contribution in [1.82, 2.24) is 0 Å². The average Bonchev–Trinajstić information content (AvgIpc) is 2.29. The van der Waals surface area contributed by atoms with E-state index in [4.69, 9.17) is 11.6 Å². The monoisotopic (exact) mass is 332 g/mol. The Morgan fingerprint density at radius 1 is 1.53 bits per heavy atom. The predicted octanol–water partition coefficient (Wildman–Crippen LogP) is 4.56. The van der Waals surface area contributed by atoms with Crippen molar-refractivity contribution in [2.45, 2.75) is 13.8 Å². The van der Waals surface area contributed by atoms with Crippen molar-refractivity contribution in [1.29, 1.82) is 0 Å². The van der Waals surface area contributed by atoms with Gasteiger partial charge in [0, 0.05) is 21.8 Å². The van der Waals surface area contributed by atoms with Crippen LogP contribution in [0.4, 0.5) is 5.69 Å². The molecule has 1 aromatic rings. The molecule has 5 heteroatoms. The second-order valence-corrected chi connectivity index (χ2v) is 6.54. The molecule has 1 aliphatic rings. The summed E-state index contributed by atoms with van der Waals surface area (Å²) in [6, 6.07) is 3.95. The zero-order valence-electron chi connectivity index (χ0n) is 9.76. The smallest absolute Gasteiger partial charge is 0.161 e. The maximum atomic E-state index is 6.12. The number of hydrogen-bond donors (Lipinski definition) is 1. The highest BCUT2D eigenvalue weighted by molar-refractivity contribution is 9.10. The topological polar surface area (TPSA) is 24.4 Å². The first-order chi connectivity index (χ1) is 8.06. The third kappa shape index (κ3) is 3.39. The van der Waals surface area contributed by atoms with Crippen molar-refractivity contribution in [3.05, 3.63) is 27.2 Å². The molecule has 0 bridgehead atoms. The van der Waals surface area contributed by atoms with E-state index in [1.165, 1.54) is 0 Å². The van der Waals surface area contributed by atoms with Crippen molar-refractivity contribution in [3.63, 3.8) is 0 Å². The Bertz CT molecular complexity index is 462. The highest BCUT2D eigenvalue weighted by atomic mass is 79.9. The molecule has 0 saturated heterocycles. The number of nitrogens with zero attached hydrogens (tertiary/aromatic N) is 1. The fourth-order valence-electron chi connectivity index (χ4n) is 1.49. The van der Waals surface area contributed by atoms with Crippen molar-refractivity contribution in [2.75, 3.05) is 17.6 Å². The van der Waals surface area contributed by atoms with Crippen LogP contribution in [0.1, 0.15) is 12.5 Å². The maximum absolute atomic E-state index is 6.12. The molecule has 1 unspecified atom stereocenters. The molecule has 0 amide bonds. The third-order valence-electron chi connectivity index (χ3n) is 2.54. The van der Waals surface area contributed by atoms with Gasteiger partial charge < -0.3 is 5.32 Å². The summed E-state index contributed by atoms with van der Waals surface area (Å²) < 4.78 is 1.02. The second kappa shape index (κ2) is 5.63. The van der Waals surface area contributed by atoms with Crippen LogP contribution in [0.5, 0.6) is 0 Å². The number of nitrogens with one attached hydrogen (secondary N) is 1. The zero-order chi connectivity index (χ0) is 12.4. The first-order valence-electron chi connectivity index (χ1n) is 5.46. The van der Waals surface area contributed by atoms with Crippen LogP contribution in [-0.4, -0.2) is 17.5 Å². The molecule has 1 aromatic carbocycles. The lowest BCUT2D eigenvalue weighted by atomic mass is 10.2. The van der Waals surface area contributed by atoms with Gasteiger partial charge in [-0.3, -0.25) is 4.99 Å². The van der Waals surface area contributed by atoms with Crippen LogP contribution in [0, 0.1) is 12.8 Å². The highest BCUT2D eigenvalue weighted by Crippen LogP contribution is 2.30. The molecule has 0 saturated carbocycles. The Labute approximate surface area is 119 Å². The predicted molar refractivity (Wildman–Crippen MR) is 81.4 cm³/mol. The van der Waals surface area contributed by atoms with Crippen LogP contribution in [0.15, 0.2) is 21.6 Å². The molecular weight excluding hydrogens is 320 g/mol. The number of rotatable bonds is 1. The van der Waals surface area contributed by atoms with Crippen LogP contribution in [0.3, 0.4) is 0 Å². The molecule has 17 heavy (non-hydrogen) atoms. The molecule has 0 radical (unpaired) electrons. The highest BCUT2D eigenvalue weighted by Gasteiger charge is 2.13. The third-order valence-corrected chi connectivity index (χ3v) is 4.84. The number of aliphatic imine (C=N–C) groups is 1. The number of halogens is 2. The lowest BCUT2D eigenvalue weighted by molar-refractivity contribution is 0.674. The summed E-state index contributed by atoms with van der Waals surface area (Å²) in [5, 5.41) is 5.06.